The summed E-state index contributed by atoms with van der Waals surface area (Å²) >= 11 is 0. The van der Waals surface area contributed by atoms with Crippen LogP contribution in [0.1, 0.15) is 33.6 Å². The van der Waals surface area contributed by atoms with Crippen molar-refractivity contribution in [3.05, 3.63) is 0 Å². The first kappa shape index (κ1) is 14.1. The molecule has 108 valence electrons. The minimum absolute atomic E-state index is 0.0978. The van der Waals surface area contributed by atoms with Gasteiger partial charge in [-0.05, 0) is 33.6 Å². The van der Waals surface area contributed by atoms with E-state index in [1.165, 1.54) is 0 Å². The van der Waals surface area contributed by atoms with Gasteiger partial charge < -0.3 is 19.9 Å². The molecular weight excluding hydrogens is 250 g/mol. The molecule has 2 rings (SSSR count). The highest BCUT2D eigenvalue weighted by molar-refractivity contribution is 5.81. The highest BCUT2D eigenvalue weighted by Gasteiger charge is 2.73. The Morgan fingerprint density at radius 3 is 2.58 bits per heavy atom. The second-order valence-corrected chi connectivity index (χ2v) is 6.50. The molecule has 0 aromatic heterocycles. The van der Waals surface area contributed by atoms with Crippen LogP contribution in [0, 0.1) is 10.8 Å². The number of ether oxygens (including phenoxy) is 2. The van der Waals surface area contributed by atoms with E-state index in [9.17, 15) is 14.7 Å². The zero-order valence-electron chi connectivity index (χ0n) is 11.6. The Labute approximate surface area is 112 Å². The van der Waals surface area contributed by atoms with Gasteiger partial charge in [0, 0.05) is 18.6 Å². The second kappa shape index (κ2) is 4.37. The van der Waals surface area contributed by atoms with Crippen LogP contribution in [0.4, 0.5) is 4.79 Å². The van der Waals surface area contributed by atoms with E-state index in [0.717, 1.165) is 6.42 Å². The van der Waals surface area contributed by atoms with Gasteiger partial charge in [0.05, 0.1) is 12.0 Å². The third-order valence-corrected chi connectivity index (χ3v) is 3.98. The lowest BCUT2D eigenvalue weighted by molar-refractivity contribution is -0.144. The number of carbonyl (C=O) groups excluding carboxylic acids is 1. The van der Waals surface area contributed by atoms with Gasteiger partial charge in [-0.1, -0.05) is 0 Å². The van der Waals surface area contributed by atoms with E-state index in [1.807, 2.05) is 0 Å². The average molecular weight is 271 g/mol. The van der Waals surface area contributed by atoms with Gasteiger partial charge in [0.15, 0.2) is 0 Å². The van der Waals surface area contributed by atoms with Gasteiger partial charge in [0.2, 0.25) is 0 Å². The molecule has 2 N–H and O–H groups in total. The van der Waals surface area contributed by atoms with Crippen LogP contribution >= 0.6 is 0 Å². The molecule has 0 aromatic carbocycles. The van der Waals surface area contributed by atoms with Crippen LogP contribution in [-0.4, -0.2) is 42.5 Å². The van der Waals surface area contributed by atoms with Crippen molar-refractivity contribution in [3.63, 3.8) is 0 Å². The molecule has 0 radical (unpaired) electrons. The summed E-state index contributed by atoms with van der Waals surface area (Å²) in [5.41, 5.74) is -1.77. The lowest BCUT2D eigenvalue weighted by atomic mass is 9.92. The number of hydrogen-bond donors (Lipinski definition) is 2. The molecular formula is C13H21NO5. The zero-order valence-corrected chi connectivity index (χ0v) is 11.6. The molecule has 19 heavy (non-hydrogen) atoms. The SMILES string of the molecule is CC(C)(C)OC(=O)NC[C@]1(C(=O)O)C[C@@]12CCOC2. The van der Waals surface area contributed by atoms with Gasteiger partial charge in [0.1, 0.15) is 5.60 Å². The molecule has 0 unspecified atom stereocenters. The summed E-state index contributed by atoms with van der Waals surface area (Å²) in [6.07, 6.45) is 0.731. The van der Waals surface area contributed by atoms with Crippen molar-refractivity contribution in [1.29, 1.82) is 0 Å². The quantitative estimate of drug-likeness (QED) is 0.810. The highest BCUT2D eigenvalue weighted by Crippen LogP contribution is 2.67. The van der Waals surface area contributed by atoms with Gasteiger partial charge in [-0.2, -0.15) is 0 Å². The van der Waals surface area contributed by atoms with Crippen molar-refractivity contribution in [2.45, 2.75) is 39.2 Å². The van der Waals surface area contributed by atoms with Gasteiger partial charge >= 0.3 is 12.1 Å². The first-order valence-corrected chi connectivity index (χ1v) is 6.49. The lowest BCUT2D eigenvalue weighted by Crippen LogP contribution is -2.40. The van der Waals surface area contributed by atoms with Crippen LogP contribution in [-0.2, 0) is 14.3 Å². The second-order valence-electron chi connectivity index (χ2n) is 6.50. The lowest BCUT2D eigenvalue weighted by Gasteiger charge is -2.22. The van der Waals surface area contributed by atoms with Crippen molar-refractivity contribution in [2.75, 3.05) is 19.8 Å². The van der Waals surface area contributed by atoms with Crippen LogP contribution in [0.15, 0.2) is 0 Å². The van der Waals surface area contributed by atoms with E-state index in [2.05, 4.69) is 5.32 Å². The fourth-order valence-corrected chi connectivity index (χ4v) is 2.82. The maximum absolute atomic E-state index is 11.6. The van der Waals surface area contributed by atoms with Crippen LogP contribution in [0.5, 0.6) is 0 Å². The normalized spacial score (nSPS) is 33.2. The first-order valence-electron chi connectivity index (χ1n) is 6.49. The van der Waals surface area contributed by atoms with E-state index in [0.29, 0.717) is 19.6 Å². The smallest absolute Gasteiger partial charge is 0.407 e. The molecule has 1 aliphatic heterocycles. The minimum atomic E-state index is -0.888. The van der Waals surface area contributed by atoms with Crippen LogP contribution in [0.25, 0.3) is 0 Å². The highest BCUT2D eigenvalue weighted by atomic mass is 16.6. The summed E-state index contributed by atoms with van der Waals surface area (Å²) in [7, 11) is 0. The number of alkyl carbamates (subject to hydrolysis) is 1. The molecule has 0 aromatic rings. The number of rotatable bonds is 3. The Balaban J connectivity index is 1.94. The van der Waals surface area contributed by atoms with E-state index in [1.54, 1.807) is 20.8 Å². The molecule has 1 amide bonds. The fourth-order valence-electron chi connectivity index (χ4n) is 2.82. The Morgan fingerprint density at radius 1 is 1.42 bits per heavy atom. The van der Waals surface area contributed by atoms with Gasteiger partial charge in [-0.25, -0.2) is 4.79 Å². The van der Waals surface area contributed by atoms with Crippen LogP contribution < -0.4 is 5.32 Å². The molecule has 6 heteroatoms. The molecule has 2 aliphatic rings. The van der Waals surface area contributed by atoms with E-state index >= 15 is 0 Å². The van der Waals surface area contributed by atoms with Gasteiger partial charge in [-0.15, -0.1) is 0 Å². The predicted molar refractivity (Wildman–Crippen MR) is 66.8 cm³/mol. The summed E-state index contributed by atoms with van der Waals surface area (Å²) < 4.78 is 10.4. The molecule has 1 saturated carbocycles. The van der Waals surface area contributed by atoms with Gasteiger partial charge in [-0.3, -0.25) is 4.79 Å². The number of aliphatic carboxylic acids is 1. The Bertz CT molecular complexity index is 394. The van der Waals surface area contributed by atoms with E-state index in [4.69, 9.17) is 9.47 Å². The summed E-state index contributed by atoms with van der Waals surface area (Å²) in [4.78, 5) is 23.1. The molecule has 2 atom stereocenters. The van der Waals surface area contributed by atoms with Crippen molar-refractivity contribution < 1.29 is 24.2 Å². The molecule has 1 heterocycles. The minimum Gasteiger partial charge on any atom is -0.481 e. The largest absolute Gasteiger partial charge is 0.481 e. The maximum atomic E-state index is 11.6. The Morgan fingerprint density at radius 2 is 2.11 bits per heavy atom. The third kappa shape index (κ3) is 2.54. The number of carboxylic acid groups (broad SMARTS) is 1. The number of nitrogens with one attached hydrogen (secondary N) is 1. The molecule has 1 spiro atoms. The number of carboxylic acids is 1. The number of amides is 1. The Kier molecular flexibility index (Phi) is 3.24. The van der Waals surface area contributed by atoms with E-state index in [-0.39, 0.29) is 12.0 Å². The van der Waals surface area contributed by atoms with Crippen molar-refractivity contribution in [1.82, 2.24) is 5.32 Å². The summed E-state index contributed by atoms with van der Waals surface area (Å²) in [5, 5.41) is 12.0. The van der Waals surface area contributed by atoms with Crippen molar-refractivity contribution in [3.8, 4) is 0 Å². The molecule has 2 fully saturated rings. The number of carbonyl (C=O) groups is 2. The topological polar surface area (TPSA) is 84.9 Å². The third-order valence-electron chi connectivity index (χ3n) is 3.98. The van der Waals surface area contributed by atoms with Gasteiger partial charge in [0.25, 0.3) is 0 Å². The molecule has 1 aliphatic carbocycles. The van der Waals surface area contributed by atoms with E-state index < -0.39 is 23.1 Å². The van der Waals surface area contributed by atoms with Crippen molar-refractivity contribution in [2.24, 2.45) is 10.8 Å². The molecule has 6 nitrogen and oxygen atoms in total. The van der Waals surface area contributed by atoms with Crippen LogP contribution in [0.3, 0.4) is 0 Å². The first-order chi connectivity index (χ1) is 8.71. The predicted octanol–water partition coefficient (Wildman–Crippen LogP) is 1.39. The molecule has 1 saturated heterocycles. The number of hydrogen-bond acceptors (Lipinski definition) is 4. The van der Waals surface area contributed by atoms with Crippen molar-refractivity contribution >= 4 is 12.1 Å². The maximum Gasteiger partial charge on any atom is 0.407 e. The Hall–Kier alpha value is -1.30. The summed E-state index contributed by atoms with van der Waals surface area (Å²) in [5.74, 6) is -0.867. The summed E-state index contributed by atoms with van der Waals surface area (Å²) in [6, 6.07) is 0. The summed E-state index contributed by atoms with van der Waals surface area (Å²) in [6.45, 7) is 6.46. The fraction of sp³-hybridized carbons (Fsp3) is 0.846. The zero-order chi connectivity index (χ0) is 14.3. The monoisotopic (exact) mass is 271 g/mol. The average Bonchev–Trinajstić information content (AvgIpc) is 2.60. The van der Waals surface area contributed by atoms with Crippen LogP contribution in [0.2, 0.25) is 0 Å². The standard InChI is InChI=1S/C13H21NO5/c1-11(2,3)19-10(17)14-7-13(9(15)16)6-12(13)4-5-18-8-12/h4-8H2,1-3H3,(H,14,17)(H,15,16)/t12-,13+/m1/s1. The molecule has 0 bridgehead atoms.